The SMILES string of the molecule is [Ir+3].[c-]1cc(-c2ccccc2-c2cc(-c3ccccc3-c3c[c-]c(-c4ccccn4)cc3)cc(-c3ccccc3-c3c[c-]c(-c4ccccn4)cc3-c3ccc4c(c3)sc3ccccc34)c2)ccc1-c1ccccn1. The molecule has 0 unspecified atom stereocenters. The Morgan fingerprint density at radius 3 is 1.19 bits per heavy atom. The Balaban J connectivity index is 0.00000556. The maximum absolute atomic E-state index is 4.76. The summed E-state index contributed by atoms with van der Waals surface area (Å²) in [6.07, 6.45) is 5.50. The molecule has 0 aliphatic heterocycles. The molecule has 348 valence electrons. The van der Waals surface area contributed by atoms with E-state index in [0.717, 1.165) is 112 Å². The molecular formula is C69H42IrN3S. The van der Waals surface area contributed by atoms with E-state index in [1.165, 1.54) is 20.2 Å². The minimum Gasteiger partial charge on any atom is -0.305 e. The van der Waals surface area contributed by atoms with Crippen LogP contribution in [0.25, 0.3) is 132 Å². The van der Waals surface area contributed by atoms with Gasteiger partial charge in [0.15, 0.2) is 0 Å². The Hall–Kier alpha value is -8.70. The van der Waals surface area contributed by atoms with Gasteiger partial charge in [0, 0.05) is 38.8 Å². The van der Waals surface area contributed by atoms with E-state index >= 15 is 0 Å². The number of benzene rings is 9. The first kappa shape index (κ1) is 46.4. The van der Waals surface area contributed by atoms with Crippen LogP contribution in [0, 0.1) is 18.2 Å². The van der Waals surface area contributed by atoms with E-state index < -0.39 is 0 Å². The van der Waals surface area contributed by atoms with E-state index in [2.05, 4.69) is 216 Å². The molecular weight excluding hydrogens is 1100 g/mol. The zero-order valence-electron chi connectivity index (χ0n) is 39.8. The van der Waals surface area contributed by atoms with Crippen molar-refractivity contribution in [1.29, 1.82) is 0 Å². The number of aromatic nitrogens is 3. The maximum atomic E-state index is 4.76. The van der Waals surface area contributed by atoms with Gasteiger partial charge < -0.3 is 15.0 Å². The molecule has 0 aliphatic carbocycles. The van der Waals surface area contributed by atoms with Gasteiger partial charge >= 0.3 is 20.1 Å². The van der Waals surface area contributed by atoms with E-state index in [9.17, 15) is 0 Å². The smallest absolute Gasteiger partial charge is 0.305 e. The van der Waals surface area contributed by atoms with Crippen LogP contribution in [0.5, 0.6) is 0 Å². The summed E-state index contributed by atoms with van der Waals surface area (Å²) in [5.41, 5.74) is 21.1. The molecule has 74 heavy (non-hydrogen) atoms. The fourth-order valence-electron chi connectivity index (χ4n) is 10.1. The van der Waals surface area contributed by atoms with Crippen LogP contribution >= 0.6 is 11.3 Å². The standard InChI is InChI=1S/C69H42N3S.Ir/c1-3-17-57(55(15-1)46-26-30-48(31-27-46)65-22-9-12-38-70-65)52-41-53(58-18-4-2-16-56(58)47-28-32-49(33-29-47)66-23-10-13-39-71-66)43-54(42-52)59-19-5-6-20-60(59)61-36-35-51(67-24-11-14-40-72-67)44-64(61)50-34-37-63-62-21-7-8-25-68(62)73-69(63)45-50;/h1-30,32,34,36-45H;/q-3;+3. The Morgan fingerprint density at radius 1 is 0.270 bits per heavy atom. The van der Waals surface area contributed by atoms with E-state index in [0.29, 0.717) is 0 Å². The first-order valence-electron chi connectivity index (χ1n) is 24.4. The topological polar surface area (TPSA) is 38.7 Å². The minimum atomic E-state index is 0. The van der Waals surface area contributed by atoms with Crippen LogP contribution in [0.4, 0.5) is 0 Å². The summed E-state index contributed by atoms with van der Waals surface area (Å²) < 4.78 is 2.54. The minimum absolute atomic E-state index is 0. The molecule has 0 amide bonds. The monoisotopic (exact) mass is 1140 g/mol. The zero-order chi connectivity index (χ0) is 48.5. The number of hydrogen-bond donors (Lipinski definition) is 0. The molecule has 0 radical (unpaired) electrons. The van der Waals surface area contributed by atoms with Crippen LogP contribution in [0.15, 0.2) is 255 Å². The van der Waals surface area contributed by atoms with E-state index in [1.54, 1.807) is 0 Å². The van der Waals surface area contributed by atoms with E-state index in [-0.39, 0.29) is 20.1 Å². The molecule has 9 aromatic carbocycles. The van der Waals surface area contributed by atoms with E-state index in [4.69, 9.17) is 4.98 Å². The zero-order valence-corrected chi connectivity index (χ0v) is 43.0. The van der Waals surface area contributed by atoms with Crippen LogP contribution in [0.3, 0.4) is 0 Å². The quantitative estimate of drug-likeness (QED) is 0.128. The predicted octanol–water partition coefficient (Wildman–Crippen LogP) is 18.3. The summed E-state index contributed by atoms with van der Waals surface area (Å²) in [5, 5.41) is 2.56. The second-order valence-electron chi connectivity index (χ2n) is 18.0. The summed E-state index contributed by atoms with van der Waals surface area (Å²) in [6, 6.07) is 94.9. The Kier molecular flexibility index (Phi) is 12.8. The van der Waals surface area contributed by atoms with Crippen LogP contribution < -0.4 is 0 Å². The molecule has 0 N–H and O–H groups in total. The van der Waals surface area contributed by atoms with Crippen molar-refractivity contribution < 1.29 is 20.1 Å². The molecule has 0 saturated heterocycles. The van der Waals surface area contributed by atoms with Gasteiger partial charge in [-0.1, -0.05) is 178 Å². The van der Waals surface area contributed by atoms with Crippen LogP contribution in [0.1, 0.15) is 0 Å². The molecule has 4 heterocycles. The van der Waals surface area contributed by atoms with Crippen LogP contribution in [-0.4, -0.2) is 15.0 Å². The number of thiophene rings is 1. The Bertz CT molecular complexity index is 3970. The van der Waals surface area contributed by atoms with Crippen molar-refractivity contribution in [3.05, 3.63) is 273 Å². The summed E-state index contributed by atoms with van der Waals surface area (Å²) >= 11 is 1.84. The van der Waals surface area contributed by atoms with Crippen molar-refractivity contribution in [2.75, 3.05) is 0 Å². The van der Waals surface area contributed by atoms with Crippen molar-refractivity contribution in [1.82, 2.24) is 15.0 Å². The molecule has 0 fully saturated rings. The van der Waals surface area contributed by atoms with Crippen LogP contribution in [0.2, 0.25) is 0 Å². The van der Waals surface area contributed by atoms with Crippen molar-refractivity contribution in [2.45, 2.75) is 0 Å². The largest absolute Gasteiger partial charge is 3.00 e. The Labute approximate surface area is 448 Å². The third-order valence-electron chi connectivity index (χ3n) is 13.6. The number of rotatable bonds is 10. The Morgan fingerprint density at radius 2 is 0.689 bits per heavy atom. The molecule has 5 heteroatoms. The summed E-state index contributed by atoms with van der Waals surface area (Å²) in [5.74, 6) is 0. The molecule has 13 aromatic rings. The number of fused-ring (bicyclic) bond motifs is 3. The number of hydrogen-bond acceptors (Lipinski definition) is 4. The molecule has 0 atom stereocenters. The fraction of sp³-hybridized carbons (Fsp3) is 0. The first-order valence-corrected chi connectivity index (χ1v) is 25.2. The molecule has 0 aliphatic rings. The predicted molar refractivity (Wildman–Crippen MR) is 304 cm³/mol. The van der Waals surface area contributed by atoms with Gasteiger partial charge in [0.2, 0.25) is 0 Å². The molecule has 3 nitrogen and oxygen atoms in total. The maximum Gasteiger partial charge on any atom is 3.00 e. The van der Waals surface area contributed by atoms with Gasteiger partial charge in [0.1, 0.15) is 0 Å². The van der Waals surface area contributed by atoms with Gasteiger partial charge in [0.25, 0.3) is 0 Å². The molecule has 0 saturated carbocycles. The molecule has 0 spiro atoms. The second kappa shape index (κ2) is 20.4. The number of nitrogens with zero attached hydrogens (tertiary/aromatic N) is 3. The second-order valence-corrected chi connectivity index (χ2v) is 19.1. The van der Waals surface area contributed by atoms with Crippen molar-refractivity contribution >= 4 is 31.5 Å². The third-order valence-corrected chi connectivity index (χ3v) is 14.8. The third kappa shape index (κ3) is 8.99. The van der Waals surface area contributed by atoms with E-state index in [1.807, 2.05) is 78.5 Å². The molecule has 13 rings (SSSR count). The van der Waals surface area contributed by atoms with Gasteiger partial charge in [0.05, 0.1) is 0 Å². The van der Waals surface area contributed by atoms with Crippen LogP contribution in [-0.2, 0) is 20.1 Å². The van der Waals surface area contributed by atoms with Gasteiger partial charge in [-0.15, -0.1) is 94.8 Å². The van der Waals surface area contributed by atoms with Gasteiger partial charge in [-0.3, -0.25) is 0 Å². The summed E-state index contributed by atoms with van der Waals surface area (Å²) in [6.45, 7) is 0. The number of pyridine rings is 3. The fourth-order valence-corrected chi connectivity index (χ4v) is 11.2. The molecule has 4 aromatic heterocycles. The van der Waals surface area contributed by atoms with Gasteiger partial charge in [-0.05, 0) is 105 Å². The first-order chi connectivity index (χ1) is 36.2. The van der Waals surface area contributed by atoms with Gasteiger partial charge in [-0.2, -0.15) is 0 Å². The molecule has 0 bridgehead atoms. The van der Waals surface area contributed by atoms with Crippen molar-refractivity contribution in [2.24, 2.45) is 0 Å². The van der Waals surface area contributed by atoms with Crippen molar-refractivity contribution in [3.63, 3.8) is 0 Å². The average Bonchev–Trinajstić information content (AvgIpc) is 3.86. The summed E-state index contributed by atoms with van der Waals surface area (Å²) in [4.78, 5) is 13.9. The van der Waals surface area contributed by atoms with Crippen molar-refractivity contribution in [3.8, 4) is 112 Å². The van der Waals surface area contributed by atoms with Gasteiger partial charge in [-0.25, -0.2) is 0 Å². The average molecular weight is 1140 g/mol. The summed E-state index contributed by atoms with van der Waals surface area (Å²) in [7, 11) is 0. The normalized spacial score (nSPS) is 11.1.